The number of nitrogens with zero attached hydrogens (tertiary/aromatic N) is 1. The van der Waals surface area contributed by atoms with Crippen LogP contribution >= 0.6 is 0 Å². The molecule has 3 nitrogen and oxygen atoms in total. The summed E-state index contributed by atoms with van der Waals surface area (Å²) >= 11 is 0. The number of aliphatic hydroxyl groups excluding tert-OH is 1. The molecule has 1 saturated heterocycles. The van der Waals surface area contributed by atoms with E-state index >= 15 is 0 Å². The fourth-order valence-electron chi connectivity index (χ4n) is 2.15. The number of hydrogen-bond acceptors (Lipinski definition) is 2. The monoisotopic (exact) mass is 197 g/mol. The summed E-state index contributed by atoms with van der Waals surface area (Å²) in [6.07, 6.45) is 1.66. The minimum absolute atomic E-state index is 0.260. The SMILES string of the molecule is CC1CCN(C(=O)C2CC2C)CC1O. The molecule has 0 aromatic rings. The first kappa shape index (κ1) is 9.97. The summed E-state index contributed by atoms with van der Waals surface area (Å²) in [7, 11) is 0. The van der Waals surface area contributed by atoms with Crippen molar-refractivity contribution in [2.45, 2.75) is 32.8 Å². The second-order valence-corrected chi connectivity index (χ2v) is 4.94. The zero-order chi connectivity index (χ0) is 10.3. The van der Waals surface area contributed by atoms with E-state index in [4.69, 9.17) is 0 Å². The molecule has 0 aromatic carbocycles. The Morgan fingerprint density at radius 2 is 2.00 bits per heavy atom. The summed E-state index contributed by atoms with van der Waals surface area (Å²) in [5.74, 6) is 1.44. The van der Waals surface area contributed by atoms with E-state index in [0.717, 1.165) is 19.4 Å². The van der Waals surface area contributed by atoms with Crippen LogP contribution in [0.5, 0.6) is 0 Å². The predicted octanol–water partition coefficient (Wildman–Crippen LogP) is 0.872. The first-order chi connectivity index (χ1) is 6.59. The van der Waals surface area contributed by atoms with Crippen LogP contribution in [0.2, 0.25) is 0 Å². The van der Waals surface area contributed by atoms with Gasteiger partial charge in [-0.2, -0.15) is 0 Å². The van der Waals surface area contributed by atoms with Crippen LogP contribution in [0.25, 0.3) is 0 Å². The topological polar surface area (TPSA) is 40.5 Å². The van der Waals surface area contributed by atoms with Crippen LogP contribution in [0.15, 0.2) is 0 Å². The smallest absolute Gasteiger partial charge is 0.226 e. The molecule has 14 heavy (non-hydrogen) atoms. The van der Waals surface area contributed by atoms with Crippen molar-refractivity contribution < 1.29 is 9.90 Å². The van der Waals surface area contributed by atoms with E-state index in [9.17, 15) is 9.90 Å². The molecule has 0 aromatic heterocycles. The number of piperidine rings is 1. The first-order valence-electron chi connectivity index (χ1n) is 5.56. The highest BCUT2D eigenvalue weighted by atomic mass is 16.3. The van der Waals surface area contributed by atoms with Crippen molar-refractivity contribution in [2.75, 3.05) is 13.1 Å². The van der Waals surface area contributed by atoms with Gasteiger partial charge in [0.2, 0.25) is 5.91 Å². The minimum Gasteiger partial charge on any atom is -0.391 e. The average molecular weight is 197 g/mol. The number of aliphatic hydroxyl groups is 1. The summed E-state index contributed by atoms with van der Waals surface area (Å²) in [5.41, 5.74) is 0. The Bertz CT molecular complexity index is 241. The lowest BCUT2D eigenvalue weighted by molar-refractivity contribution is -0.137. The normalized spacial score (nSPS) is 42.4. The lowest BCUT2D eigenvalue weighted by Gasteiger charge is -2.34. The maximum atomic E-state index is 11.8. The van der Waals surface area contributed by atoms with Gasteiger partial charge in [0, 0.05) is 19.0 Å². The van der Waals surface area contributed by atoms with E-state index in [0.29, 0.717) is 18.4 Å². The van der Waals surface area contributed by atoms with Crippen LogP contribution in [0.3, 0.4) is 0 Å². The van der Waals surface area contributed by atoms with Crippen molar-refractivity contribution in [3.8, 4) is 0 Å². The van der Waals surface area contributed by atoms with Gasteiger partial charge in [-0.3, -0.25) is 4.79 Å². The van der Waals surface area contributed by atoms with E-state index < -0.39 is 0 Å². The molecule has 1 aliphatic carbocycles. The largest absolute Gasteiger partial charge is 0.391 e. The molecule has 2 fully saturated rings. The average Bonchev–Trinajstić information content (AvgIpc) is 2.86. The van der Waals surface area contributed by atoms with Gasteiger partial charge in [0.05, 0.1) is 6.10 Å². The van der Waals surface area contributed by atoms with Crippen LogP contribution < -0.4 is 0 Å². The van der Waals surface area contributed by atoms with Crippen LogP contribution in [0.1, 0.15) is 26.7 Å². The third-order valence-electron chi connectivity index (χ3n) is 3.66. The second-order valence-electron chi connectivity index (χ2n) is 4.94. The second kappa shape index (κ2) is 3.54. The van der Waals surface area contributed by atoms with Gasteiger partial charge in [-0.05, 0) is 24.7 Å². The summed E-state index contributed by atoms with van der Waals surface area (Å²) in [6.45, 7) is 5.54. The molecular formula is C11H19NO2. The van der Waals surface area contributed by atoms with Gasteiger partial charge in [0.15, 0.2) is 0 Å². The Hall–Kier alpha value is -0.570. The molecule has 4 atom stereocenters. The van der Waals surface area contributed by atoms with Gasteiger partial charge < -0.3 is 10.0 Å². The predicted molar refractivity (Wildman–Crippen MR) is 53.6 cm³/mol. The lowest BCUT2D eigenvalue weighted by Crippen LogP contribution is -2.46. The molecule has 0 radical (unpaired) electrons. The van der Waals surface area contributed by atoms with Gasteiger partial charge in [-0.15, -0.1) is 0 Å². The van der Waals surface area contributed by atoms with Crippen molar-refractivity contribution in [1.29, 1.82) is 0 Å². The van der Waals surface area contributed by atoms with Gasteiger partial charge in [0.25, 0.3) is 0 Å². The zero-order valence-corrected chi connectivity index (χ0v) is 8.94. The molecule has 4 unspecified atom stereocenters. The van der Waals surface area contributed by atoms with E-state index in [1.807, 2.05) is 11.8 Å². The molecule has 1 amide bonds. The third-order valence-corrected chi connectivity index (χ3v) is 3.66. The number of amides is 1. The highest BCUT2D eigenvalue weighted by molar-refractivity contribution is 5.81. The third kappa shape index (κ3) is 1.78. The highest BCUT2D eigenvalue weighted by Gasteiger charge is 2.42. The Kier molecular flexibility index (Phi) is 2.52. The van der Waals surface area contributed by atoms with Crippen molar-refractivity contribution >= 4 is 5.91 Å². The van der Waals surface area contributed by atoms with Gasteiger partial charge >= 0.3 is 0 Å². The van der Waals surface area contributed by atoms with Crippen LogP contribution in [-0.4, -0.2) is 35.1 Å². The molecule has 3 heteroatoms. The Balaban J connectivity index is 1.90. The maximum absolute atomic E-state index is 11.8. The Labute approximate surface area is 85.1 Å². The summed E-state index contributed by atoms with van der Waals surface area (Å²) in [4.78, 5) is 13.7. The van der Waals surface area contributed by atoms with Crippen molar-refractivity contribution in [1.82, 2.24) is 4.90 Å². The first-order valence-corrected chi connectivity index (χ1v) is 5.56. The van der Waals surface area contributed by atoms with Crippen LogP contribution in [0.4, 0.5) is 0 Å². The van der Waals surface area contributed by atoms with E-state index in [1.165, 1.54) is 0 Å². The lowest BCUT2D eigenvalue weighted by atomic mass is 9.96. The van der Waals surface area contributed by atoms with E-state index in [2.05, 4.69) is 6.92 Å². The minimum atomic E-state index is -0.318. The van der Waals surface area contributed by atoms with E-state index in [-0.39, 0.29) is 17.9 Å². The van der Waals surface area contributed by atoms with Crippen molar-refractivity contribution in [3.63, 3.8) is 0 Å². The number of β-amino-alcohol motifs (C(OH)–C–C–N with tert-alkyl or cyclic N) is 1. The number of rotatable bonds is 1. The molecule has 2 rings (SSSR count). The highest BCUT2D eigenvalue weighted by Crippen LogP contribution is 2.39. The molecule has 1 saturated carbocycles. The Morgan fingerprint density at radius 1 is 1.36 bits per heavy atom. The summed E-state index contributed by atoms with van der Waals surface area (Å²) in [5, 5.41) is 9.67. The maximum Gasteiger partial charge on any atom is 0.226 e. The fraction of sp³-hybridized carbons (Fsp3) is 0.909. The number of likely N-dealkylation sites (tertiary alicyclic amines) is 1. The van der Waals surface area contributed by atoms with Crippen molar-refractivity contribution in [3.05, 3.63) is 0 Å². The molecule has 1 heterocycles. The Morgan fingerprint density at radius 3 is 2.50 bits per heavy atom. The molecule has 2 aliphatic rings. The molecular weight excluding hydrogens is 178 g/mol. The van der Waals surface area contributed by atoms with Crippen molar-refractivity contribution in [2.24, 2.45) is 17.8 Å². The van der Waals surface area contributed by atoms with Crippen LogP contribution in [-0.2, 0) is 4.79 Å². The number of carbonyl (C=O) groups is 1. The molecule has 0 bridgehead atoms. The fourth-order valence-corrected chi connectivity index (χ4v) is 2.15. The quantitative estimate of drug-likeness (QED) is 0.677. The number of hydrogen-bond donors (Lipinski definition) is 1. The van der Waals surface area contributed by atoms with Gasteiger partial charge in [-0.25, -0.2) is 0 Å². The van der Waals surface area contributed by atoms with Gasteiger partial charge in [-0.1, -0.05) is 13.8 Å². The molecule has 0 spiro atoms. The van der Waals surface area contributed by atoms with Gasteiger partial charge in [0.1, 0.15) is 0 Å². The standard InChI is InChI=1S/C11H19NO2/c1-7-3-4-12(6-10(7)13)11(14)9-5-8(9)2/h7-10,13H,3-6H2,1-2H3. The zero-order valence-electron chi connectivity index (χ0n) is 8.94. The number of carbonyl (C=O) groups excluding carboxylic acids is 1. The molecule has 1 aliphatic heterocycles. The van der Waals surface area contributed by atoms with Crippen LogP contribution in [0, 0.1) is 17.8 Å². The summed E-state index contributed by atoms with van der Waals surface area (Å²) in [6, 6.07) is 0. The molecule has 80 valence electrons. The van der Waals surface area contributed by atoms with E-state index in [1.54, 1.807) is 0 Å². The summed E-state index contributed by atoms with van der Waals surface area (Å²) < 4.78 is 0. The molecule has 1 N–H and O–H groups in total.